The van der Waals surface area contributed by atoms with Crippen molar-refractivity contribution in [1.82, 2.24) is 46.7 Å². The van der Waals surface area contributed by atoms with Crippen molar-refractivity contribution in [2.24, 2.45) is 35.5 Å². The van der Waals surface area contributed by atoms with Gasteiger partial charge in [-0.3, -0.25) is 67.2 Å². The van der Waals surface area contributed by atoms with Crippen LogP contribution in [0.4, 0.5) is 11.4 Å². The molecule has 15 atom stereocenters. The van der Waals surface area contributed by atoms with Gasteiger partial charge in [0.15, 0.2) is 11.3 Å². The number of nitrogens with zero attached hydrogens (tertiary/aromatic N) is 4. The molecule has 125 heavy (non-hydrogen) atoms. The predicted molar refractivity (Wildman–Crippen MR) is 461 cm³/mol. The number of esters is 1. The second-order valence-electron chi connectivity index (χ2n) is 33.8. The summed E-state index contributed by atoms with van der Waals surface area (Å²) in [5, 5.41) is 66.9. The van der Waals surface area contributed by atoms with Crippen LogP contribution < -0.4 is 52.3 Å². The zero-order valence-corrected chi connectivity index (χ0v) is 72.5. The molecular weight excluding hydrogens is 1610 g/mol. The average Bonchev–Trinajstić information content (AvgIpc) is 1.59. The monoisotopic (exact) mass is 1720 g/mol. The maximum atomic E-state index is 15.3. The van der Waals surface area contributed by atoms with Crippen LogP contribution in [-0.4, -0.2) is 212 Å². The third-order valence-corrected chi connectivity index (χ3v) is 24.4. The van der Waals surface area contributed by atoms with E-state index in [4.69, 9.17) is 28.3 Å². The molecule has 2 saturated heterocycles. The molecule has 7 aliphatic heterocycles. The van der Waals surface area contributed by atoms with Gasteiger partial charge in [-0.2, -0.15) is 0 Å². The molecule has 33 heteroatoms. The van der Waals surface area contributed by atoms with Gasteiger partial charge in [0.2, 0.25) is 46.8 Å². The van der Waals surface area contributed by atoms with E-state index in [1.807, 2.05) is 31.7 Å². The SMILES string of the molecule is CC[C@H](C)[C@H](NC(=O)[C@@H]1CCCN1C(=O)CNC(=O)CCN1C(=O)C=CC1=O)C(=O)N[C@@H](CC(C)C)C(=O)N[C@@H](Cc1ccccc1)C(=O)N[C@@H](Cc1ccccc1)C(=O)NC1CCN(c2cc(O)c3nc4c5c6c7c(C)c(O)c5c(=O)c(c-4oc3c2)NC(=O)/C(C)=C\C=C\[C@H](C)[C@H](O)[C@@H](C)[C@@H](O)[C@@H](C)[C@H](OC(C)=O)[C@H](C)[C@@H](OC)/C=C/O[C@@](C)(O7)C6=O)CC1. The molecule has 11 N–H and O–H groups in total. The Morgan fingerprint density at radius 1 is 0.744 bits per heavy atom. The van der Waals surface area contributed by atoms with Gasteiger partial charge in [0.1, 0.15) is 70.5 Å². The number of anilines is 2. The van der Waals surface area contributed by atoms with Crippen LogP contribution in [0.3, 0.4) is 0 Å². The molecule has 668 valence electrons. The number of carbonyl (C=O) groups is 12. The number of aliphatic hydroxyl groups excluding tert-OH is 2. The second kappa shape index (κ2) is 40.5. The molecule has 0 unspecified atom stereocenters. The topological polar surface area (TPSA) is 460 Å². The number of aromatic nitrogens is 1. The summed E-state index contributed by atoms with van der Waals surface area (Å²) >= 11 is 0. The van der Waals surface area contributed by atoms with Crippen molar-refractivity contribution < 1.29 is 101 Å². The number of aliphatic hydroxyl groups is 2. The molecule has 4 aromatic carbocycles. The lowest BCUT2D eigenvalue weighted by atomic mass is 9.78. The summed E-state index contributed by atoms with van der Waals surface area (Å²) in [4.78, 5) is 191. The van der Waals surface area contributed by atoms with E-state index >= 15 is 14.4 Å². The van der Waals surface area contributed by atoms with Crippen molar-refractivity contribution in [1.29, 1.82) is 0 Å². The van der Waals surface area contributed by atoms with E-state index in [0.717, 1.165) is 23.3 Å². The molecule has 0 spiro atoms. The Labute approximate surface area is 723 Å². The zero-order valence-electron chi connectivity index (χ0n) is 72.5. The van der Waals surface area contributed by atoms with Crippen LogP contribution in [0, 0.1) is 42.4 Å². The van der Waals surface area contributed by atoms with E-state index in [0.29, 0.717) is 42.5 Å². The molecule has 7 heterocycles. The number of amides is 10. The average molecular weight is 1720 g/mol. The van der Waals surface area contributed by atoms with Crippen molar-refractivity contribution in [3.63, 3.8) is 0 Å². The van der Waals surface area contributed by atoms with Gasteiger partial charge in [0, 0.05) is 143 Å². The number of allylic oxidation sites excluding steroid dienone is 2. The molecule has 2 fully saturated rings. The third-order valence-electron chi connectivity index (χ3n) is 24.4. The number of ether oxygens (including phenoxy) is 4. The number of rotatable bonds is 26. The Morgan fingerprint density at radius 2 is 1.37 bits per heavy atom. The first-order valence-electron chi connectivity index (χ1n) is 42.5. The number of phenols is 2. The first-order valence-corrected chi connectivity index (χ1v) is 42.5. The zero-order chi connectivity index (χ0) is 90.7. The van der Waals surface area contributed by atoms with Crippen LogP contribution in [0.1, 0.15) is 148 Å². The highest BCUT2D eigenvalue weighted by molar-refractivity contribution is 6.23. The van der Waals surface area contributed by atoms with Gasteiger partial charge in [-0.1, -0.05) is 141 Å². The minimum absolute atomic E-state index is 0.0193. The number of phenolic OH excluding ortho intramolecular Hbond substituents is 2. The molecule has 4 aromatic rings. The molecule has 5 bridgehead atoms. The Hall–Kier alpha value is -12.4. The number of nitrogens with one attached hydrogen (secondary N) is 7. The number of imide groups is 1. The molecule has 0 aromatic heterocycles. The number of piperidine rings is 1. The number of aromatic hydroxyl groups is 2. The summed E-state index contributed by atoms with van der Waals surface area (Å²) in [5.41, 5.74) is -0.502. The lowest BCUT2D eigenvalue weighted by molar-refractivity contribution is -0.160. The number of hydrogen-bond acceptors (Lipinski definition) is 24. The maximum Gasteiger partial charge on any atom is 0.312 e. The number of likely N-dealkylation sites (tertiary alicyclic amines) is 1. The number of carbonyl (C=O) groups excluding carboxylic acids is 12. The van der Waals surface area contributed by atoms with Crippen LogP contribution in [0.25, 0.3) is 33.3 Å². The Kier molecular flexibility index (Phi) is 30.3. The first kappa shape index (κ1) is 93.3. The molecule has 0 saturated carbocycles. The van der Waals surface area contributed by atoms with Gasteiger partial charge < -0.3 is 90.8 Å². The van der Waals surface area contributed by atoms with E-state index in [9.17, 15) is 68.4 Å². The molecule has 10 amide bonds. The van der Waals surface area contributed by atoms with Crippen LogP contribution in [0.15, 0.2) is 130 Å². The Morgan fingerprint density at radius 3 is 1.98 bits per heavy atom. The number of methoxy groups -OCH3 is 1. The van der Waals surface area contributed by atoms with Crippen molar-refractivity contribution in [3.8, 4) is 28.7 Å². The van der Waals surface area contributed by atoms with Crippen LogP contribution in [0.5, 0.6) is 17.2 Å². The molecule has 33 nitrogen and oxygen atoms in total. The fourth-order valence-electron chi connectivity index (χ4n) is 16.8. The van der Waals surface area contributed by atoms with E-state index < -0.39 is 201 Å². The molecule has 8 aliphatic rings. The number of hydrogen-bond donors (Lipinski definition) is 11. The van der Waals surface area contributed by atoms with E-state index in [1.54, 1.807) is 101 Å². The summed E-state index contributed by atoms with van der Waals surface area (Å²) < 4.78 is 30.8. The van der Waals surface area contributed by atoms with E-state index in [2.05, 4.69) is 37.2 Å². The standard InChI is InChI=1S/C92H113N11O22/c1-14-48(4)74(99-90(119)63-29-22-36-102(63)70(109)46-93-67(106)34-39-103-68(107)30-31-69(103)108)91(120)97-60(41-47(2)3)88(117)96-62(43-57-27-19-16-20-28-57)89(118)95-61(42-56-25-17-15-18-26-56)87(116)94-58-32-37-101(38-33-58)59-44-64(105)75-66(45-59)124-84-76(98-75)71-72-80(112)54(10)83-73(71)85(114)92(12,125-83)122-40-35-65(121-13)51(7)82(123-55(11)104)53(9)79(111)52(8)78(110)49(5)23-21-24-50(6)86(115)100-77(84)81(72)113/h15-21,23-28,30-31,35,40,44-45,47-49,51-53,58,60-63,65,74,78-79,82,105,110-112H,14,22,29,32-34,36-39,41-43,46H2,1-13H3,(H,93,106)(H,94,116)(H,95,118)(H,96,117)(H,97,120)(H,99,119)(H,100,115)/b23-21+,40-35+,50-24-/t48-,49-,51+,52+,53+,60-,61-,62-,63-,65-,74-,78-,79+,82+,92-/m0/s1. The largest absolute Gasteiger partial charge is 0.507 e. The fraction of sp³-hybridized carbons (Fsp3) is 0.478. The molecule has 1 aliphatic carbocycles. The maximum absolute atomic E-state index is 15.3. The summed E-state index contributed by atoms with van der Waals surface area (Å²) in [6.07, 6.45) is 6.71. The summed E-state index contributed by atoms with van der Waals surface area (Å²) in [5.74, 6) is -15.2. The van der Waals surface area contributed by atoms with Crippen molar-refractivity contribution >= 4 is 104 Å². The van der Waals surface area contributed by atoms with Gasteiger partial charge in [-0.15, -0.1) is 0 Å². The van der Waals surface area contributed by atoms with Crippen LogP contribution in [0.2, 0.25) is 0 Å². The highest BCUT2D eigenvalue weighted by Gasteiger charge is 2.51. The Balaban J connectivity index is 0.825. The minimum atomic E-state index is -2.20. The van der Waals surface area contributed by atoms with E-state index in [-0.39, 0.29) is 115 Å². The summed E-state index contributed by atoms with van der Waals surface area (Å²) in [7, 11) is 1.40. The van der Waals surface area contributed by atoms with Crippen molar-refractivity contribution in [3.05, 3.63) is 154 Å². The quantitative estimate of drug-likeness (QED) is 0.0117. The van der Waals surface area contributed by atoms with Crippen LogP contribution in [-0.2, 0) is 79.8 Å². The molecule has 12 rings (SSSR count). The number of benzene rings is 5. The number of fused-ring (bicyclic) bond motifs is 14. The molecule has 0 radical (unpaired) electrons. The number of Topliss-reactive ketones (excluding diaryl/α,β-unsaturated/α-hetero) is 1. The normalized spacial score (nSPS) is 24.1. The third kappa shape index (κ3) is 21.4. The lowest BCUT2D eigenvalue weighted by Crippen LogP contribution is -2.61. The highest BCUT2D eigenvalue weighted by Crippen LogP contribution is 2.51. The predicted octanol–water partition coefficient (Wildman–Crippen LogP) is 6.68. The fourth-order valence-corrected chi connectivity index (χ4v) is 16.8. The van der Waals surface area contributed by atoms with Crippen LogP contribution >= 0.6 is 0 Å². The smallest absolute Gasteiger partial charge is 0.312 e. The molecular formula is C92H113N11O22. The van der Waals surface area contributed by atoms with Gasteiger partial charge in [-0.05, 0) is 75.0 Å². The Bertz CT molecular complexity index is 5240. The second-order valence-corrected chi connectivity index (χ2v) is 33.8. The summed E-state index contributed by atoms with van der Waals surface area (Å²) in [6, 6.07) is 14.4. The first-order chi connectivity index (χ1) is 59.4. The van der Waals surface area contributed by atoms with Gasteiger partial charge >= 0.3 is 11.8 Å². The lowest BCUT2D eigenvalue weighted by Gasteiger charge is -2.38. The van der Waals surface area contributed by atoms with Crippen molar-refractivity contribution in [2.75, 3.05) is 50.1 Å². The van der Waals surface area contributed by atoms with E-state index in [1.165, 1.54) is 64.0 Å². The number of ketones is 1. The highest BCUT2D eigenvalue weighted by atomic mass is 16.7. The summed E-state index contributed by atoms with van der Waals surface area (Å²) in [6.45, 7) is 19.6. The minimum Gasteiger partial charge on any atom is -0.507 e. The van der Waals surface area contributed by atoms with Crippen molar-refractivity contribution in [2.45, 2.75) is 207 Å². The van der Waals surface area contributed by atoms with Gasteiger partial charge in [0.05, 0.1) is 42.1 Å². The van der Waals surface area contributed by atoms with Gasteiger partial charge in [0.25, 0.3) is 23.5 Å². The van der Waals surface area contributed by atoms with Gasteiger partial charge in [-0.25, -0.2) is 4.98 Å².